The number of halogens is 1. The zero-order valence-electron chi connectivity index (χ0n) is 11.3. The van der Waals surface area contributed by atoms with Crippen LogP contribution in [0.5, 0.6) is 0 Å². The largest absolute Gasteiger partial charge is 0.339 e. The molecule has 1 aromatic heterocycles. The van der Waals surface area contributed by atoms with E-state index in [9.17, 15) is 0 Å². The molecule has 6 heteroatoms. The molecule has 2 heterocycles. The standard InChI is InChI=1S/C12H22N4O.ClH/c1-12(2,3)11-14-10(15-17-11)8-16-6-4-5-9(13)7-16;/h9H,4-8,13H2,1-3H3;1H/t9-;/m1./s1. The van der Waals surface area contributed by atoms with Crippen LogP contribution in [0.3, 0.4) is 0 Å². The molecule has 1 saturated heterocycles. The third kappa shape index (κ3) is 3.93. The van der Waals surface area contributed by atoms with Gasteiger partial charge in [-0.15, -0.1) is 12.4 Å². The Kier molecular flexibility index (Phi) is 5.13. The van der Waals surface area contributed by atoms with Gasteiger partial charge in [0, 0.05) is 18.0 Å². The lowest BCUT2D eigenvalue weighted by molar-refractivity contribution is 0.194. The Morgan fingerprint density at radius 1 is 1.44 bits per heavy atom. The number of hydrogen-bond donors (Lipinski definition) is 1. The maximum atomic E-state index is 5.95. The van der Waals surface area contributed by atoms with Crippen molar-refractivity contribution in [3.63, 3.8) is 0 Å². The molecular weight excluding hydrogens is 252 g/mol. The lowest BCUT2D eigenvalue weighted by atomic mass is 9.97. The monoisotopic (exact) mass is 274 g/mol. The smallest absolute Gasteiger partial charge is 0.232 e. The van der Waals surface area contributed by atoms with Crippen LogP contribution < -0.4 is 5.73 Å². The molecule has 0 aromatic carbocycles. The van der Waals surface area contributed by atoms with E-state index in [0.717, 1.165) is 38.3 Å². The van der Waals surface area contributed by atoms with Gasteiger partial charge < -0.3 is 10.3 Å². The zero-order valence-corrected chi connectivity index (χ0v) is 12.2. The summed E-state index contributed by atoms with van der Waals surface area (Å²) in [6.07, 6.45) is 2.28. The van der Waals surface area contributed by atoms with Crippen molar-refractivity contribution in [3.05, 3.63) is 11.7 Å². The van der Waals surface area contributed by atoms with Gasteiger partial charge in [-0.1, -0.05) is 25.9 Å². The van der Waals surface area contributed by atoms with Crippen LogP contribution in [-0.2, 0) is 12.0 Å². The van der Waals surface area contributed by atoms with Crippen LogP contribution in [-0.4, -0.2) is 34.2 Å². The predicted octanol–water partition coefficient (Wildman–Crippen LogP) is 1.71. The van der Waals surface area contributed by atoms with Gasteiger partial charge >= 0.3 is 0 Å². The van der Waals surface area contributed by atoms with Gasteiger partial charge in [-0.2, -0.15) is 4.98 Å². The summed E-state index contributed by atoms with van der Waals surface area (Å²) in [5.74, 6) is 1.47. The topological polar surface area (TPSA) is 68.2 Å². The fourth-order valence-corrected chi connectivity index (χ4v) is 2.06. The Labute approximate surface area is 115 Å². The summed E-state index contributed by atoms with van der Waals surface area (Å²) in [5.41, 5.74) is 5.87. The molecule has 18 heavy (non-hydrogen) atoms. The molecule has 0 amide bonds. The summed E-state index contributed by atoms with van der Waals surface area (Å²) in [5, 5.41) is 4.03. The van der Waals surface area contributed by atoms with Crippen molar-refractivity contribution in [2.45, 2.75) is 51.6 Å². The van der Waals surface area contributed by atoms with Gasteiger partial charge in [0.15, 0.2) is 5.82 Å². The minimum Gasteiger partial charge on any atom is -0.339 e. The van der Waals surface area contributed by atoms with E-state index in [1.54, 1.807) is 0 Å². The number of nitrogens with zero attached hydrogens (tertiary/aromatic N) is 3. The van der Waals surface area contributed by atoms with Crippen molar-refractivity contribution in [1.29, 1.82) is 0 Å². The molecule has 1 aliphatic heterocycles. The fourth-order valence-electron chi connectivity index (χ4n) is 2.06. The minimum absolute atomic E-state index is 0. The summed E-state index contributed by atoms with van der Waals surface area (Å²) in [4.78, 5) is 6.74. The molecule has 2 N–H and O–H groups in total. The summed E-state index contributed by atoms with van der Waals surface area (Å²) in [6.45, 7) is 8.96. The number of rotatable bonds is 2. The third-order valence-corrected chi connectivity index (χ3v) is 3.02. The second-order valence-corrected chi connectivity index (χ2v) is 5.90. The highest BCUT2D eigenvalue weighted by Crippen LogP contribution is 2.20. The average molecular weight is 275 g/mol. The first-order chi connectivity index (χ1) is 7.95. The molecule has 0 radical (unpaired) electrons. The van der Waals surface area contributed by atoms with Crippen LogP contribution in [0, 0.1) is 0 Å². The van der Waals surface area contributed by atoms with E-state index in [1.165, 1.54) is 0 Å². The second-order valence-electron chi connectivity index (χ2n) is 5.90. The first-order valence-corrected chi connectivity index (χ1v) is 6.26. The molecule has 0 bridgehead atoms. The van der Waals surface area contributed by atoms with Crippen molar-refractivity contribution in [3.8, 4) is 0 Å². The van der Waals surface area contributed by atoms with E-state index in [0.29, 0.717) is 5.89 Å². The Morgan fingerprint density at radius 2 is 2.17 bits per heavy atom. The van der Waals surface area contributed by atoms with Gasteiger partial charge in [0.1, 0.15) is 0 Å². The van der Waals surface area contributed by atoms with Crippen molar-refractivity contribution < 1.29 is 4.52 Å². The van der Waals surface area contributed by atoms with Gasteiger partial charge in [-0.05, 0) is 19.4 Å². The van der Waals surface area contributed by atoms with Crippen molar-refractivity contribution in [1.82, 2.24) is 15.0 Å². The van der Waals surface area contributed by atoms with Gasteiger partial charge in [0.25, 0.3) is 0 Å². The molecule has 1 aliphatic rings. The lowest BCUT2D eigenvalue weighted by Gasteiger charge is -2.29. The molecule has 1 fully saturated rings. The highest BCUT2D eigenvalue weighted by molar-refractivity contribution is 5.85. The normalized spacial score (nSPS) is 21.7. The molecular formula is C12H23ClN4O. The number of aromatic nitrogens is 2. The van der Waals surface area contributed by atoms with Crippen molar-refractivity contribution in [2.24, 2.45) is 5.73 Å². The molecule has 2 rings (SSSR count). The first kappa shape index (κ1) is 15.4. The second kappa shape index (κ2) is 5.99. The average Bonchev–Trinajstić information content (AvgIpc) is 2.65. The predicted molar refractivity (Wildman–Crippen MR) is 72.7 cm³/mol. The van der Waals surface area contributed by atoms with E-state index < -0.39 is 0 Å². The molecule has 1 aromatic rings. The van der Waals surface area contributed by atoms with Gasteiger partial charge in [-0.25, -0.2) is 0 Å². The molecule has 0 spiro atoms. The Balaban J connectivity index is 0.00000162. The summed E-state index contributed by atoms with van der Waals surface area (Å²) < 4.78 is 5.28. The van der Waals surface area contributed by atoms with Crippen LogP contribution in [0.15, 0.2) is 4.52 Å². The van der Waals surface area contributed by atoms with Crippen LogP contribution in [0.25, 0.3) is 0 Å². The van der Waals surface area contributed by atoms with E-state index in [4.69, 9.17) is 10.3 Å². The molecule has 0 saturated carbocycles. The van der Waals surface area contributed by atoms with Crippen LogP contribution in [0.1, 0.15) is 45.3 Å². The third-order valence-electron chi connectivity index (χ3n) is 3.02. The van der Waals surface area contributed by atoms with Crippen LogP contribution >= 0.6 is 12.4 Å². The van der Waals surface area contributed by atoms with Crippen LogP contribution in [0.4, 0.5) is 0 Å². The molecule has 5 nitrogen and oxygen atoms in total. The molecule has 0 aliphatic carbocycles. The maximum Gasteiger partial charge on any atom is 0.232 e. The lowest BCUT2D eigenvalue weighted by Crippen LogP contribution is -2.42. The highest BCUT2D eigenvalue weighted by atomic mass is 35.5. The first-order valence-electron chi connectivity index (χ1n) is 6.26. The van der Waals surface area contributed by atoms with Gasteiger partial charge in [0.2, 0.25) is 5.89 Å². The van der Waals surface area contributed by atoms with Gasteiger partial charge in [0.05, 0.1) is 6.54 Å². The highest BCUT2D eigenvalue weighted by Gasteiger charge is 2.23. The quantitative estimate of drug-likeness (QED) is 0.889. The fraction of sp³-hybridized carbons (Fsp3) is 0.833. The van der Waals surface area contributed by atoms with E-state index in [-0.39, 0.29) is 23.9 Å². The van der Waals surface area contributed by atoms with Crippen molar-refractivity contribution >= 4 is 12.4 Å². The van der Waals surface area contributed by atoms with Crippen molar-refractivity contribution in [2.75, 3.05) is 13.1 Å². The van der Waals surface area contributed by atoms with E-state index in [2.05, 4.69) is 35.8 Å². The zero-order chi connectivity index (χ0) is 12.5. The van der Waals surface area contributed by atoms with E-state index in [1.807, 2.05) is 0 Å². The number of likely N-dealkylation sites (tertiary alicyclic amines) is 1. The summed E-state index contributed by atoms with van der Waals surface area (Å²) in [7, 11) is 0. The van der Waals surface area contributed by atoms with Crippen LogP contribution in [0.2, 0.25) is 0 Å². The summed E-state index contributed by atoms with van der Waals surface area (Å²) >= 11 is 0. The minimum atomic E-state index is -0.0798. The number of nitrogens with two attached hydrogens (primary N) is 1. The molecule has 0 unspecified atom stereocenters. The van der Waals surface area contributed by atoms with E-state index >= 15 is 0 Å². The molecule has 104 valence electrons. The maximum absolute atomic E-state index is 5.95. The van der Waals surface area contributed by atoms with Gasteiger partial charge in [-0.3, -0.25) is 4.90 Å². The Morgan fingerprint density at radius 3 is 2.72 bits per heavy atom. The molecule has 1 atom stereocenters. The Hall–Kier alpha value is -0.650. The summed E-state index contributed by atoms with van der Waals surface area (Å²) in [6, 6.07) is 0.290. The SMILES string of the molecule is CC(C)(C)c1nc(CN2CCC[C@@H](N)C2)no1.Cl. The number of hydrogen-bond acceptors (Lipinski definition) is 5. The number of piperidine rings is 1. The Bertz CT molecular complexity index is 374.